The quantitative estimate of drug-likeness (QED) is 0.398. The molecule has 0 aliphatic rings. The molecule has 0 fully saturated rings. The lowest BCUT2D eigenvalue weighted by Crippen LogP contribution is -2.50. The normalized spacial score (nSPS) is 11.8. The SMILES string of the molecule is CNC(=O)C(C)N(Cc1ccccc1F)C(=O)CN(c1ccccc1OC)S(=O)(=O)c1ccc(OC)cc1. The van der Waals surface area contributed by atoms with E-state index < -0.39 is 40.2 Å². The van der Waals surface area contributed by atoms with Gasteiger partial charge in [0.1, 0.15) is 29.9 Å². The number of para-hydroxylation sites is 2. The van der Waals surface area contributed by atoms with Crippen LogP contribution in [0, 0.1) is 5.82 Å². The Hall–Kier alpha value is -4.12. The average Bonchev–Trinajstić information content (AvgIpc) is 2.94. The van der Waals surface area contributed by atoms with Crippen LogP contribution in [0.15, 0.2) is 77.7 Å². The number of benzene rings is 3. The molecule has 0 saturated carbocycles. The number of nitrogens with zero attached hydrogens (tertiary/aromatic N) is 2. The lowest BCUT2D eigenvalue weighted by atomic mass is 10.1. The van der Waals surface area contributed by atoms with Crippen molar-refractivity contribution in [3.63, 3.8) is 0 Å². The fourth-order valence-corrected chi connectivity index (χ4v) is 5.25. The zero-order valence-electron chi connectivity index (χ0n) is 21.5. The van der Waals surface area contributed by atoms with Crippen LogP contribution in [-0.4, -0.2) is 59.0 Å². The number of anilines is 1. The average molecular weight is 544 g/mol. The molecule has 0 bridgehead atoms. The van der Waals surface area contributed by atoms with Gasteiger partial charge in [-0.05, 0) is 49.4 Å². The fraction of sp³-hybridized carbons (Fsp3) is 0.259. The smallest absolute Gasteiger partial charge is 0.264 e. The lowest BCUT2D eigenvalue weighted by Gasteiger charge is -2.32. The minimum absolute atomic E-state index is 0.0861. The molecule has 0 radical (unpaired) electrons. The molecule has 202 valence electrons. The van der Waals surface area contributed by atoms with Crippen LogP contribution < -0.4 is 19.1 Å². The minimum atomic E-state index is -4.30. The Morgan fingerprint density at radius 1 is 0.947 bits per heavy atom. The second-order valence-electron chi connectivity index (χ2n) is 8.26. The van der Waals surface area contributed by atoms with Crippen molar-refractivity contribution in [1.29, 1.82) is 0 Å². The molecule has 1 atom stereocenters. The molecule has 0 aliphatic heterocycles. The predicted octanol–water partition coefficient (Wildman–Crippen LogP) is 3.20. The summed E-state index contributed by atoms with van der Waals surface area (Å²) in [5.74, 6) is -1.08. The molecule has 0 saturated heterocycles. The maximum atomic E-state index is 14.5. The Labute approximate surface area is 221 Å². The Bertz CT molecular complexity index is 1380. The first-order valence-electron chi connectivity index (χ1n) is 11.7. The highest BCUT2D eigenvalue weighted by Gasteiger charge is 2.33. The number of methoxy groups -OCH3 is 2. The van der Waals surface area contributed by atoms with Crippen molar-refractivity contribution < 1.29 is 31.9 Å². The van der Waals surface area contributed by atoms with Gasteiger partial charge in [-0.25, -0.2) is 12.8 Å². The van der Waals surface area contributed by atoms with Gasteiger partial charge in [0.05, 0.1) is 24.8 Å². The van der Waals surface area contributed by atoms with Crippen LogP contribution >= 0.6 is 0 Å². The van der Waals surface area contributed by atoms with Crippen LogP contribution in [0.3, 0.4) is 0 Å². The Kier molecular flexibility index (Phi) is 9.30. The number of sulfonamides is 1. The van der Waals surface area contributed by atoms with Gasteiger partial charge in [-0.3, -0.25) is 13.9 Å². The molecule has 3 aromatic carbocycles. The van der Waals surface area contributed by atoms with Gasteiger partial charge in [0, 0.05) is 19.2 Å². The number of carbonyl (C=O) groups is 2. The van der Waals surface area contributed by atoms with Crippen LogP contribution in [0.2, 0.25) is 0 Å². The third kappa shape index (κ3) is 6.23. The molecule has 0 heterocycles. The van der Waals surface area contributed by atoms with E-state index in [1.54, 1.807) is 24.3 Å². The van der Waals surface area contributed by atoms with Gasteiger partial charge in [0.15, 0.2) is 0 Å². The second-order valence-corrected chi connectivity index (χ2v) is 10.1. The van der Waals surface area contributed by atoms with Gasteiger partial charge in [0.25, 0.3) is 10.0 Å². The maximum absolute atomic E-state index is 14.5. The number of hydrogen-bond acceptors (Lipinski definition) is 6. The molecule has 3 rings (SSSR count). The first-order chi connectivity index (χ1) is 18.1. The summed E-state index contributed by atoms with van der Waals surface area (Å²) in [7, 11) is -0.0353. The zero-order chi connectivity index (χ0) is 27.9. The number of ether oxygens (including phenoxy) is 2. The Morgan fingerprint density at radius 2 is 1.58 bits per heavy atom. The van der Waals surface area contributed by atoms with E-state index in [0.29, 0.717) is 5.75 Å². The lowest BCUT2D eigenvalue weighted by molar-refractivity contribution is -0.139. The number of halogens is 1. The number of likely N-dealkylation sites (N-methyl/N-ethyl adjacent to an activating group) is 1. The summed E-state index contributed by atoms with van der Waals surface area (Å²) in [5.41, 5.74) is 0.302. The zero-order valence-corrected chi connectivity index (χ0v) is 22.4. The van der Waals surface area contributed by atoms with Crippen molar-refractivity contribution in [2.24, 2.45) is 0 Å². The van der Waals surface area contributed by atoms with Crippen LogP contribution in [0.1, 0.15) is 12.5 Å². The molecule has 9 nitrogen and oxygen atoms in total. The second kappa shape index (κ2) is 12.4. The van der Waals surface area contributed by atoms with Gasteiger partial charge >= 0.3 is 0 Å². The molecular weight excluding hydrogens is 513 g/mol. The first-order valence-corrected chi connectivity index (χ1v) is 13.1. The molecule has 11 heteroatoms. The summed E-state index contributed by atoms with van der Waals surface area (Å²) in [4.78, 5) is 27.3. The summed E-state index contributed by atoms with van der Waals surface area (Å²) in [5, 5.41) is 2.48. The molecule has 38 heavy (non-hydrogen) atoms. The highest BCUT2D eigenvalue weighted by atomic mass is 32.2. The van der Waals surface area contributed by atoms with E-state index in [-0.39, 0.29) is 28.4 Å². The van der Waals surface area contributed by atoms with Gasteiger partial charge in [0.2, 0.25) is 11.8 Å². The van der Waals surface area contributed by atoms with Crippen molar-refractivity contribution in [3.05, 3.63) is 84.2 Å². The van der Waals surface area contributed by atoms with Crippen molar-refractivity contribution in [1.82, 2.24) is 10.2 Å². The van der Waals surface area contributed by atoms with E-state index >= 15 is 0 Å². The third-order valence-corrected chi connectivity index (χ3v) is 7.77. The standard InChI is InChI=1S/C27H30FN3O6S/c1-19(27(33)29-2)30(17-20-9-5-6-10-23(20)28)26(32)18-31(24-11-7-8-12-25(24)37-4)38(34,35)22-15-13-21(36-3)14-16-22/h5-16,19H,17-18H2,1-4H3,(H,29,33). The fourth-order valence-electron chi connectivity index (χ4n) is 3.83. The van der Waals surface area contributed by atoms with Gasteiger partial charge in [-0.2, -0.15) is 0 Å². The predicted molar refractivity (Wildman–Crippen MR) is 141 cm³/mol. The number of hydrogen-bond donors (Lipinski definition) is 1. The monoisotopic (exact) mass is 543 g/mol. The first kappa shape index (κ1) is 28.5. The van der Waals surface area contributed by atoms with E-state index in [1.165, 1.54) is 76.7 Å². The summed E-state index contributed by atoms with van der Waals surface area (Å²) in [6.45, 7) is 0.565. The number of nitrogens with one attached hydrogen (secondary N) is 1. The highest BCUT2D eigenvalue weighted by molar-refractivity contribution is 7.92. The maximum Gasteiger partial charge on any atom is 0.264 e. The van der Waals surface area contributed by atoms with Gasteiger partial charge < -0.3 is 19.7 Å². The largest absolute Gasteiger partial charge is 0.497 e. The van der Waals surface area contributed by atoms with Crippen molar-refractivity contribution in [3.8, 4) is 11.5 Å². The molecular formula is C27H30FN3O6S. The topological polar surface area (TPSA) is 105 Å². The summed E-state index contributed by atoms with van der Waals surface area (Å²) in [6, 6.07) is 16.9. The van der Waals surface area contributed by atoms with Gasteiger partial charge in [-0.15, -0.1) is 0 Å². The van der Waals surface area contributed by atoms with E-state index in [9.17, 15) is 22.4 Å². The number of carbonyl (C=O) groups excluding carboxylic acids is 2. The van der Waals surface area contributed by atoms with E-state index in [4.69, 9.17) is 9.47 Å². The Morgan fingerprint density at radius 3 is 2.18 bits per heavy atom. The molecule has 0 spiro atoms. The molecule has 2 amide bonds. The van der Waals surface area contributed by atoms with Crippen LogP contribution in [-0.2, 0) is 26.2 Å². The molecule has 3 aromatic rings. The number of amides is 2. The van der Waals surface area contributed by atoms with E-state index in [0.717, 1.165) is 9.21 Å². The van der Waals surface area contributed by atoms with Crippen LogP contribution in [0.5, 0.6) is 11.5 Å². The summed E-state index contributed by atoms with van der Waals surface area (Å²) >= 11 is 0. The summed E-state index contributed by atoms with van der Waals surface area (Å²) in [6.07, 6.45) is 0. The Balaban J connectivity index is 2.08. The minimum Gasteiger partial charge on any atom is -0.497 e. The van der Waals surface area contributed by atoms with E-state index in [1.807, 2.05) is 0 Å². The number of rotatable bonds is 11. The summed E-state index contributed by atoms with van der Waals surface area (Å²) < 4.78 is 53.6. The van der Waals surface area contributed by atoms with E-state index in [2.05, 4.69) is 5.32 Å². The van der Waals surface area contributed by atoms with Crippen LogP contribution in [0.4, 0.5) is 10.1 Å². The molecule has 0 aliphatic carbocycles. The molecule has 1 N–H and O–H groups in total. The molecule has 1 unspecified atom stereocenters. The molecule has 0 aromatic heterocycles. The third-order valence-electron chi connectivity index (χ3n) is 5.99. The van der Waals surface area contributed by atoms with Crippen LogP contribution in [0.25, 0.3) is 0 Å². The highest BCUT2D eigenvalue weighted by Crippen LogP contribution is 2.33. The van der Waals surface area contributed by atoms with Crippen molar-refractivity contribution >= 4 is 27.5 Å². The van der Waals surface area contributed by atoms with Crippen molar-refractivity contribution in [2.45, 2.75) is 24.4 Å². The van der Waals surface area contributed by atoms with Crippen molar-refractivity contribution in [2.75, 3.05) is 32.1 Å². The van der Waals surface area contributed by atoms with Gasteiger partial charge in [-0.1, -0.05) is 30.3 Å².